The highest BCUT2D eigenvalue weighted by Gasteiger charge is 2.20. The average molecular weight is 347 g/mol. The van der Waals surface area contributed by atoms with Gasteiger partial charge in [0.15, 0.2) is 0 Å². The maximum absolute atomic E-state index is 12.4. The van der Waals surface area contributed by atoms with Gasteiger partial charge in [-0.3, -0.25) is 0 Å². The van der Waals surface area contributed by atoms with Gasteiger partial charge in [0, 0.05) is 35.1 Å². The quantitative estimate of drug-likeness (QED) is 0.826. The maximum Gasteiger partial charge on any atom is 0.240 e. The summed E-state index contributed by atoms with van der Waals surface area (Å²) < 4.78 is 27.5. The number of hydrogen-bond acceptors (Lipinski definition) is 5. The molecule has 7 heteroatoms. The fourth-order valence-electron chi connectivity index (χ4n) is 2.09. The third kappa shape index (κ3) is 4.89. The van der Waals surface area contributed by atoms with Gasteiger partial charge in [0.25, 0.3) is 0 Å². The van der Waals surface area contributed by atoms with E-state index in [0.29, 0.717) is 16.7 Å². The van der Waals surface area contributed by atoms with E-state index in [-0.39, 0.29) is 6.04 Å². The number of benzene rings is 1. The molecule has 1 heterocycles. The van der Waals surface area contributed by atoms with E-state index >= 15 is 0 Å². The molecule has 1 aromatic carbocycles. The topological polar surface area (TPSA) is 72.2 Å². The lowest BCUT2D eigenvalue weighted by molar-refractivity contribution is 0.581. The van der Waals surface area contributed by atoms with Crippen molar-refractivity contribution in [1.82, 2.24) is 4.72 Å². The van der Waals surface area contributed by atoms with Gasteiger partial charge in [-0.2, -0.15) is 23.5 Å². The van der Waals surface area contributed by atoms with Gasteiger partial charge in [0.2, 0.25) is 10.0 Å². The molecule has 0 spiro atoms. The molecule has 0 amide bonds. The summed E-state index contributed by atoms with van der Waals surface area (Å²) in [7, 11) is -3.45. The van der Waals surface area contributed by atoms with Gasteiger partial charge in [-0.25, -0.2) is 13.1 Å². The van der Waals surface area contributed by atoms with Crippen molar-refractivity contribution in [2.24, 2.45) is 5.73 Å². The summed E-state index contributed by atoms with van der Waals surface area (Å²) in [5.74, 6) is 3.26. The fraction of sp³-hybridized carbons (Fsp3) is 0.571. The van der Waals surface area contributed by atoms with E-state index < -0.39 is 10.0 Å². The van der Waals surface area contributed by atoms with Gasteiger partial charge >= 0.3 is 0 Å². The Hall–Kier alpha value is -0.210. The third-order valence-electron chi connectivity index (χ3n) is 3.42. The summed E-state index contributed by atoms with van der Waals surface area (Å²) in [6, 6.07) is 6.81. The highest BCUT2D eigenvalue weighted by Crippen LogP contribution is 2.24. The molecule has 0 aromatic heterocycles. The first-order valence-electron chi connectivity index (χ1n) is 7.07. The molecule has 0 bridgehead atoms. The van der Waals surface area contributed by atoms with Crippen LogP contribution in [0.3, 0.4) is 0 Å². The summed E-state index contributed by atoms with van der Waals surface area (Å²) in [6.07, 6.45) is 0.785. The molecule has 0 aliphatic carbocycles. The van der Waals surface area contributed by atoms with Gasteiger partial charge in [-0.1, -0.05) is 19.1 Å². The lowest BCUT2D eigenvalue weighted by Crippen LogP contribution is -2.33. The molecule has 21 heavy (non-hydrogen) atoms. The molecule has 2 rings (SSSR count). The summed E-state index contributed by atoms with van der Waals surface area (Å²) >= 11 is 3.73. The van der Waals surface area contributed by atoms with Crippen molar-refractivity contribution in [3.05, 3.63) is 29.8 Å². The second-order valence-electron chi connectivity index (χ2n) is 5.01. The Bertz CT molecular complexity index is 557. The SMILES string of the molecule is CCC(N)c1cccc(S(=O)(=O)NCC2CSCCS2)c1. The van der Waals surface area contributed by atoms with E-state index in [9.17, 15) is 8.42 Å². The lowest BCUT2D eigenvalue weighted by Gasteiger charge is -2.21. The highest BCUT2D eigenvalue weighted by molar-refractivity contribution is 8.06. The van der Waals surface area contributed by atoms with E-state index in [1.807, 2.05) is 36.5 Å². The summed E-state index contributed by atoms with van der Waals surface area (Å²) in [5, 5.41) is 0.361. The Morgan fingerprint density at radius 3 is 2.90 bits per heavy atom. The Labute approximate surface area is 135 Å². The molecular weight excluding hydrogens is 324 g/mol. The summed E-state index contributed by atoms with van der Waals surface area (Å²) in [6.45, 7) is 2.48. The smallest absolute Gasteiger partial charge is 0.240 e. The molecule has 3 N–H and O–H groups in total. The Balaban J connectivity index is 2.04. The molecule has 0 radical (unpaired) electrons. The zero-order chi connectivity index (χ0) is 15.3. The standard InChI is InChI=1S/C14H22N2O2S3/c1-2-14(15)11-4-3-5-13(8-11)21(17,18)16-9-12-10-19-6-7-20-12/h3-5,8,12,14,16H,2,6-7,9-10,15H2,1H3. The second-order valence-corrected chi connectivity index (χ2v) is 9.33. The van der Waals surface area contributed by atoms with Crippen LogP contribution in [0, 0.1) is 0 Å². The Kier molecular flexibility index (Phi) is 6.43. The van der Waals surface area contributed by atoms with Crippen LogP contribution in [0.4, 0.5) is 0 Å². The number of nitrogens with one attached hydrogen (secondary N) is 1. The second kappa shape index (κ2) is 7.87. The van der Waals surface area contributed by atoms with Crippen LogP contribution in [-0.4, -0.2) is 37.5 Å². The zero-order valence-electron chi connectivity index (χ0n) is 12.1. The van der Waals surface area contributed by atoms with Crippen molar-refractivity contribution in [3.63, 3.8) is 0 Å². The number of nitrogens with two attached hydrogens (primary N) is 1. The summed E-state index contributed by atoms with van der Waals surface area (Å²) in [5.41, 5.74) is 6.84. The van der Waals surface area contributed by atoms with Gasteiger partial charge in [0.1, 0.15) is 0 Å². The average Bonchev–Trinajstić information content (AvgIpc) is 2.53. The van der Waals surface area contributed by atoms with Gasteiger partial charge in [-0.15, -0.1) is 0 Å². The predicted octanol–water partition coefficient (Wildman–Crippen LogP) is 2.22. The minimum Gasteiger partial charge on any atom is -0.324 e. The van der Waals surface area contributed by atoms with Gasteiger partial charge in [0.05, 0.1) is 4.90 Å². The number of rotatable bonds is 6. The van der Waals surface area contributed by atoms with Crippen LogP contribution in [0.25, 0.3) is 0 Å². The molecule has 1 saturated heterocycles. The number of thioether (sulfide) groups is 2. The Morgan fingerprint density at radius 1 is 1.43 bits per heavy atom. The summed E-state index contributed by atoms with van der Waals surface area (Å²) in [4.78, 5) is 0.303. The number of sulfonamides is 1. The first-order chi connectivity index (χ1) is 10.0. The van der Waals surface area contributed by atoms with E-state index in [2.05, 4.69) is 4.72 Å². The van der Waals surface area contributed by atoms with Crippen molar-refractivity contribution in [2.75, 3.05) is 23.8 Å². The molecule has 0 saturated carbocycles. The molecular formula is C14H22N2O2S3. The minimum absolute atomic E-state index is 0.120. The van der Waals surface area contributed by atoms with Crippen molar-refractivity contribution < 1.29 is 8.42 Å². The lowest BCUT2D eigenvalue weighted by atomic mass is 10.1. The molecule has 2 unspecified atom stereocenters. The predicted molar refractivity (Wildman–Crippen MR) is 92.4 cm³/mol. The molecule has 4 nitrogen and oxygen atoms in total. The van der Waals surface area contributed by atoms with Crippen molar-refractivity contribution in [1.29, 1.82) is 0 Å². The molecule has 2 atom stereocenters. The largest absolute Gasteiger partial charge is 0.324 e. The molecule has 1 fully saturated rings. The maximum atomic E-state index is 12.4. The fourth-order valence-corrected chi connectivity index (χ4v) is 5.94. The van der Waals surface area contributed by atoms with Crippen molar-refractivity contribution in [3.8, 4) is 0 Å². The number of hydrogen-bond donors (Lipinski definition) is 2. The highest BCUT2D eigenvalue weighted by atomic mass is 32.2. The van der Waals surface area contributed by atoms with E-state index in [4.69, 9.17) is 5.73 Å². The van der Waals surface area contributed by atoms with Gasteiger partial charge < -0.3 is 5.73 Å². The van der Waals surface area contributed by atoms with Crippen LogP contribution in [0.15, 0.2) is 29.2 Å². The van der Waals surface area contributed by atoms with Crippen LogP contribution in [-0.2, 0) is 10.0 Å². The van der Waals surface area contributed by atoms with E-state index in [1.165, 1.54) is 0 Å². The van der Waals surface area contributed by atoms with E-state index in [0.717, 1.165) is 29.2 Å². The minimum atomic E-state index is -3.45. The zero-order valence-corrected chi connectivity index (χ0v) is 14.6. The van der Waals surface area contributed by atoms with Crippen LogP contribution in [0.5, 0.6) is 0 Å². The first-order valence-corrected chi connectivity index (χ1v) is 10.8. The van der Waals surface area contributed by atoms with Crippen LogP contribution >= 0.6 is 23.5 Å². The Morgan fingerprint density at radius 2 is 2.24 bits per heavy atom. The van der Waals surface area contributed by atoms with Crippen molar-refractivity contribution in [2.45, 2.75) is 29.5 Å². The third-order valence-corrected chi connectivity index (χ3v) is 7.69. The molecule has 1 aromatic rings. The van der Waals surface area contributed by atoms with Gasteiger partial charge in [-0.05, 0) is 24.1 Å². The first kappa shape index (κ1) is 17.1. The van der Waals surface area contributed by atoms with Crippen molar-refractivity contribution >= 4 is 33.5 Å². The monoisotopic (exact) mass is 346 g/mol. The molecule has 118 valence electrons. The molecule has 1 aliphatic heterocycles. The van der Waals surface area contributed by atoms with Crippen LogP contribution in [0.1, 0.15) is 24.9 Å². The van der Waals surface area contributed by atoms with E-state index in [1.54, 1.807) is 18.2 Å². The molecule has 1 aliphatic rings. The van der Waals surface area contributed by atoms with Crippen LogP contribution < -0.4 is 10.5 Å². The normalized spacial score (nSPS) is 21.1. The van der Waals surface area contributed by atoms with Crippen LogP contribution in [0.2, 0.25) is 0 Å².